The first kappa shape index (κ1) is 13.9. The van der Waals surface area contributed by atoms with E-state index >= 15 is 0 Å². The Morgan fingerprint density at radius 1 is 1.53 bits per heavy atom. The van der Waals surface area contributed by atoms with Crippen molar-refractivity contribution >= 4 is 17.5 Å². The van der Waals surface area contributed by atoms with E-state index in [1.807, 2.05) is 13.8 Å². The smallest absolute Gasteiger partial charge is 0.252 e. The van der Waals surface area contributed by atoms with Crippen LogP contribution >= 0.6 is 11.6 Å². The van der Waals surface area contributed by atoms with Gasteiger partial charge < -0.3 is 10.1 Å². The minimum Gasteiger partial charge on any atom is -0.379 e. The molecule has 0 aliphatic heterocycles. The highest BCUT2D eigenvalue weighted by Crippen LogP contribution is 2.04. The standard InChI is InChI=1S/C12H17ClN2O2/c1-9(2)17-7-3-6-14-12(16)10-4-5-11(13)15-8-10/h4-5,8-9H,3,6-7H2,1-2H3,(H,14,16). The van der Waals surface area contributed by atoms with E-state index in [9.17, 15) is 4.79 Å². The summed E-state index contributed by atoms with van der Waals surface area (Å²) in [6.07, 6.45) is 2.49. The number of ether oxygens (including phenoxy) is 1. The van der Waals surface area contributed by atoms with Gasteiger partial charge in [0.2, 0.25) is 0 Å². The highest BCUT2D eigenvalue weighted by Gasteiger charge is 2.04. The van der Waals surface area contributed by atoms with Crippen molar-refractivity contribution in [3.63, 3.8) is 0 Å². The number of carbonyl (C=O) groups is 1. The Morgan fingerprint density at radius 2 is 2.29 bits per heavy atom. The molecule has 0 saturated carbocycles. The van der Waals surface area contributed by atoms with Crippen LogP contribution in [0.5, 0.6) is 0 Å². The number of carbonyl (C=O) groups excluding carboxylic acids is 1. The van der Waals surface area contributed by atoms with Gasteiger partial charge in [0.25, 0.3) is 5.91 Å². The van der Waals surface area contributed by atoms with Gasteiger partial charge in [-0.3, -0.25) is 4.79 Å². The lowest BCUT2D eigenvalue weighted by Gasteiger charge is -2.08. The lowest BCUT2D eigenvalue weighted by Crippen LogP contribution is -2.25. The van der Waals surface area contributed by atoms with Crippen LogP contribution < -0.4 is 5.32 Å². The molecule has 5 heteroatoms. The van der Waals surface area contributed by atoms with Crippen LogP contribution in [-0.2, 0) is 4.74 Å². The van der Waals surface area contributed by atoms with E-state index in [4.69, 9.17) is 16.3 Å². The van der Waals surface area contributed by atoms with Crippen molar-refractivity contribution in [1.82, 2.24) is 10.3 Å². The first-order chi connectivity index (χ1) is 8.09. The van der Waals surface area contributed by atoms with Crippen LogP contribution in [0.25, 0.3) is 0 Å². The molecule has 1 heterocycles. The molecule has 0 saturated heterocycles. The molecule has 1 aromatic rings. The molecule has 17 heavy (non-hydrogen) atoms. The molecule has 1 amide bonds. The normalized spacial score (nSPS) is 10.6. The van der Waals surface area contributed by atoms with E-state index in [0.29, 0.717) is 23.9 Å². The highest BCUT2D eigenvalue weighted by molar-refractivity contribution is 6.29. The number of pyridine rings is 1. The van der Waals surface area contributed by atoms with E-state index in [-0.39, 0.29) is 12.0 Å². The van der Waals surface area contributed by atoms with Gasteiger partial charge >= 0.3 is 0 Å². The fourth-order valence-corrected chi connectivity index (χ4v) is 1.32. The molecule has 0 atom stereocenters. The van der Waals surface area contributed by atoms with Crippen molar-refractivity contribution in [1.29, 1.82) is 0 Å². The largest absolute Gasteiger partial charge is 0.379 e. The zero-order chi connectivity index (χ0) is 12.7. The summed E-state index contributed by atoms with van der Waals surface area (Å²) in [5, 5.41) is 3.17. The molecule has 4 nitrogen and oxygen atoms in total. The van der Waals surface area contributed by atoms with E-state index in [0.717, 1.165) is 6.42 Å². The van der Waals surface area contributed by atoms with Crippen molar-refractivity contribution < 1.29 is 9.53 Å². The molecule has 0 bridgehead atoms. The number of rotatable bonds is 6. The Morgan fingerprint density at radius 3 is 2.88 bits per heavy atom. The third-order valence-corrected chi connectivity index (χ3v) is 2.27. The molecule has 0 aliphatic carbocycles. The second-order valence-electron chi connectivity index (χ2n) is 3.90. The minimum absolute atomic E-state index is 0.140. The van der Waals surface area contributed by atoms with Crippen LogP contribution in [0, 0.1) is 0 Å². The lowest BCUT2D eigenvalue weighted by atomic mass is 10.2. The summed E-state index contributed by atoms with van der Waals surface area (Å²) in [6.45, 7) is 5.21. The van der Waals surface area contributed by atoms with Crippen molar-refractivity contribution in [2.24, 2.45) is 0 Å². The third kappa shape index (κ3) is 5.65. The maximum Gasteiger partial charge on any atom is 0.252 e. The summed E-state index contributed by atoms with van der Waals surface area (Å²) in [4.78, 5) is 15.5. The zero-order valence-electron chi connectivity index (χ0n) is 10.1. The Labute approximate surface area is 106 Å². The average Bonchev–Trinajstić information content (AvgIpc) is 2.29. The number of nitrogens with one attached hydrogen (secondary N) is 1. The van der Waals surface area contributed by atoms with Crippen molar-refractivity contribution in [2.45, 2.75) is 26.4 Å². The highest BCUT2D eigenvalue weighted by atomic mass is 35.5. The van der Waals surface area contributed by atoms with Gasteiger partial charge in [-0.05, 0) is 32.4 Å². The fourth-order valence-electron chi connectivity index (χ4n) is 1.21. The molecular formula is C12H17ClN2O2. The van der Waals surface area contributed by atoms with Gasteiger partial charge in [0.05, 0.1) is 11.7 Å². The van der Waals surface area contributed by atoms with Gasteiger partial charge in [-0.15, -0.1) is 0 Å². The Balaban J connectivity index is 2.23. The predicted molar refractivity (Wildman–Crippen MR) is 67.3 cm³/mol. The monoisotopic (exact) mass is 256 g/mol. The first-order valence-corrected chi connectivity index (χ1v) is 5.98. The summed E-state index contributed by atoms with van der Waals surface area (Å²) in [7, 11) is 0. The molecule has 0 unspecified atom stereocenters. The van der Waals surface area contributed by atoms with Crippen LogP contribution in [0.2, 0.25) is 5.15 Å². The van der Waals surface area contributed by atoms with E-state index in [2.05, 4.69) is 10.3 Å². The van der Waals surface area contributed by atoms with Crippen molar-refractivity contribution in [2.75, 3.05) is 13.2 Å². The molecule has 1 N–H and O–H groups in total. The second kappa shape index (κ2) is 7.25. The topological polar surface area (TPSA) is 51.2 Å². The summed E-state index contributed by atoms with van der Waals surface area (Å²) in [6, 6.07) is 3.24. The second-order valence-corrected chi connectivity index (χ2v) is 4.29. The molecule has 0 fully saturated rings. The molecule has 94 valence electrons. The molecule has 1 rings (SSSR count). The van der Waals surface area contributed by atoms with Crippen LogP contribution in [0.15, 0.2) is 18.3 Å². The molecule has 1 aromatic heterocycles. The van der Waals surface area contributed by atoms with Crippen LogP contribution in [0.4, 0.5) is 0 Å². The van der Waals surface area contributed by atoms with Gasteiger partial charge in [0.1, 0.15) is 5.15 Å². The summed E-state index contributed by atoms with van der Waals surface area (Å²) < 4.78 is 5.36. The Bertz CT molecular complexity index is 352. The van der Waals surface area contributed by atoms with Gasteiger partial charge in [-0.1, -0.05) is 11.6 Å². The van der Waals surface area contributed by atoms with Gasteiger partial charge in [-0.25, -0.2) is 4.98 Å². The SMILES string of the molecule is CC(C)OCCCNC(=O)c1ccc(Cl)nc1. The van der Waals surface area contributed by atoms with E-state index < -0.39 is 0 Å². The molecule has 0 aliphatic rings. The molecular weight excluding hydrogens is 240 g/mol. The van der Waals surface area contributed by atoms with Crippen molar-refractivity contribution in [3.05, 3.63) is 29.0 Å². The van der Waals surface area contributed by atoms with Crippen LogP contribution in [0.3, 0.4) is 0 Å². The number of hydrogen-bond donors (Lipinski definition) is 1. The number of hydrogen-bond acceptors (Lipinski definition) is 3. The summed E-state index contributed by atoms with van der Waals surface area (Å²) >= 11 is 5.63. The third-order valence-electron chi connectivity index (χ3n) is 2.05. The number of aromatic nitrogens is 1. The average molecular weight is 257 g/mol. The first-order valence-electron chi connectivity index (χ1n) is 5.61. The number of amides is 1. The van der Waals surface area contributed by atoms with E-state index in [1.165, 1.54) is 6.20 Å². The van der Waals surface area contributed by atoms with Gasteiger partial charge in [0.15, 0.2) is 0 Å². The molecule has 0 aromatic carbocycles. The number of halogens is 1. The zero-order valence-corrected chi connectivity index (χ0v) is 10.8. The lowest BCUT2D eigenvalue weighted by molar-refractivity contribution is 0.0757. The summed E-state index contributed by atoms with van der Waals surface area (Å²) in [5.41, 5.74) is 0.513. The maximum atomic E-state index is 11.6. The maximum absolute atomic E-state index is 11.6. The Kier molecular flexibility index (Phi) is 5.94. The van der Waals surface area contributed by atoms with Crippen molar-refractivity contribution in [3.8, 4) is 0 Å². The van der Waals surface area contributed by atoms with Crippen LogP contribution in [0.1, 0.15) is 30.6 Å². The predicted octanol–water partition coefficient (Wildman–Crippen LogP) is 2.28. The quantitative estimate of drug-likeness (QED) is 0.628. The minimum atomic E-state index is -0.140. The van der Waals surface area contributed by atoms with Crippen LogP contribution in [-0.4, -0.2) is 30.1 Å². The number of nitrogens with zero attached hydrogens (tertiary/aromatic N) is 1. The fraction of sp³-hybridized carbons (Fsp3) is 0.500. The van der Waals surface area contributed by atoms with E-state index in [1.54, 1.807) is 12.1 Å². The molecule has 0 radical (unpaired) electrons. The van der Waals surface area contributed by atoms with Gasteiger partial charge in [0, 0.05) is 19.3 Å². The molecule has 0 spiro atoms. The van der Waals surface area contributed by atoms with Gasteiger partial charge in [-0.2, -0.15) is 0 Å². The summed E-state index contributed by atoms with van der Waals surface area (Å²) in [5.74, 6) is -0.140. The Hall–Kier alpha value is -1.13.